The van der Waals surface area contributed by atoms with Gasteiger partial charge in [0.1, 0.15) is 23.6 Å². The third-order valence-electron chi connectivity index (χ3n) is 5.09. The zero-order chi connectivity index (χ0) is 25.9. The molecule has 0 saturated heterocycles. The van der Waals surface area contributed by atoms with Crippen molar-refractivity contribution in [3.63, 3.8) is 0 Å². The number of ether oxygens (including phenoxy) is 3. The van der Waals surface area contributed by atoms with Crippen LogP contribution in [0.4, 0.5) is 4.39 Å². The van der Waals surface area contributed by atoms with Crippen LogP contribution in [0, 0.1) is 6.92 Å². The summed E-state index contributed by atoms with van der Waals surface area (Å²) in [6.07, 6.45) is 0.661. The molecule has 0 spiro atoms. The number of imidazole rings is 1. The second kappa shape index (κ2) is 10.8. The number of hydrogen-bond donors (Lipinski definition) is 1. The summed E-state index contributed by atoms with van der Waals surface area (Å²) in [5, 5.41) is 2.68. The standard InChI is InChI=1S/C23H27FN5O6P/c1-14(2)33-23(30)16(4)28-36(31,35-17-8-6-5-7-9-17)13-32-19-10-18(24)22(34-19)29-12-27-20-15(3)25-11-26-21(20)29/h5-12,14,16,19,22H,13H2,1-4H3,(H,28,31)/t16-,19-,22?,36-/m0/s1. The molecule has 0 radical (unpaired) electrons. The molecule has 0 amide bonds. The molecule has 0 saturated carbocycles. The van der Waals surface area contributed by atoms with E-state index < -0.39 is 44.2 Å². The Hall–Kier alpha value is -3.18. The van der Waals surface area contributed by atoms with Gasteiger partial charge in [-0.05, 0) is 39.8 Å². The van der Waals surface area contributed by atoms with Crippen molar-refractivity contribution in [3.8, 4) is 5.75 Å². The Bertz CT molecular complexity index is 1300. The number of para-hydroxylation sites is 1. The maximum atomic E-state index is 14.8. The van der Waals surface area contributed by atoms with Crippen LogP contribution in [0.2, 0.25) is 0 Å². The molecule has 3 aromatic rings. The first-order valence-electron chi connectivity index (χ1n) is 11.3. The Labute approximate surface area is 207 Å². The summed E-state index contributed by atoms with van der Waals surface area (Å²) in [6.45, 7) is 6.68. The van der Waals surface area contributed by atoms with E-state index in [9.17, 15) is 13.8 Å². The van der Waals surface area contributed by atoms with Gasteiger partial charge in [-0.3, -0.25) is 13.9 Å². The van der Waals surface area contributed by atoms with E-state index in [-0.39, 0.29) is 6.10 Å². The average molecular weight is 519 g/mol. The van der Waals surface area contributed by atoms with Gasteiger partial charge in [-0.1, -0.05) is 18.2 Å². The number of nitrogens with zero attached hydrogens (tertiary/aromatic N) is 4. The lowest BCUT2D eigenvalue weighted by atomic mass is 10.3. The van der Waals surface area contributed by atoms with Crippen LogP contribution in [0.25, 0.3) is 11.2 Å². The number of fused-ring (bicyclic) bond motifs is 1. The number of aromatic nitrogens is 4. The van der Waals surface area contributed by atoms with Gasteiger partial charge in [0.15, 0.2) is 30.3 Å². The molecule has 0 fully saturated rings. The molecule has 3 heterocycles. The van der Waals surface area contributed by atoms with Crippen LogP contribution >= 0.6 is 7.52 Å². The van der Waals surface area contributed by atoms with E-state index in [1.165, 1.54) is 24.1 Å². The molecule has 1 N–H and O–H groups in total. The van der Waals surface area contributed by atoms with Crippen LogP contribution in [0.1, 0.15) is 32.7 Å². The number of halogens is 1. The van der Waals surface area contributed by atoms with Gasteiger partial charge in [-0.25, -0.2) is 24.4 Å². The smallest absolute Gasteiger partial charge is 0.342 e. The maximum Gasteiger partial charge on any atom is 0.342 e. The first-order chi connectivity index (χ1) is 17.1. The largest absolute Gasteiger partial charge is 0.462 e. The maximum absolute atomic E-state index is 14.8. The predicted octanol–water partition coefficient (Wildman–Crippen LogP) is 4.02. The van der Waals surface area contributed by atoms with E-state index in [0.29, 0.717) is 22.6 Å². The molecule has 11 nitrogen and oxygen atoms in total. The van der Waals surface area contributed by atoms with Crippen LogP contribution in [0.3, 0.4) is 0 Å². The summed E-state index contributed by atoms with van der Waals surface area (Å²) in [5.41, 5.74) is 1.56. The first-order valence-corrected chi connectivity index (χ1v) is 13.1. The van der Waals surface area contributed by atoms with E-state index >= 15 is 0 Å². The molecule has 1 aliphatic rings. The van der Waals surface area contributed by atoms with E-state index in [1.807, 2.05) is 0 Å². The number of carbonyl (C=O) groups is 1. The van der Waals surface area contributed by atoms with Gasteiger partial charge >= 0.3 is 13.5 Å². The van der Waals surface area contributed by atoms with Crippen LogP contribution in [0.5, 0.6) is 5.75 Å². The summed E-state index contributed by atoms with van der Waals surface area (Å²) in [5.74, 6) is -0.932. The monoisotopic (exact) mass is 519 g/mol. The third-order valence-corrected chi connectivity index (χ3v) is 6.86. The SMILES string of the molecule is Cc1ncnc2c1ncn2C1O[C@H](OC[P@@](=O)(N[C@@H](C)C(=O)OC(C)C)Oc2ccccc2)C=C1F. The van der Waals surface area contributed by atoms with Crippen LogP contribution < -0.4 is 9.61 Å². The fourth-order valence-electron chi connectivity index (χ4n) is 3.47. The lowest BCUT2D eigenvalue weighted by Crippen LogP contribution is -2.37. The van der Waals surface area contributed by atoms with Gasteiger partial charge in [0.25, 0.3) is 0 Å². The highest BCUT2D eigenvalue weighted by Gasteiger charge is 2.36. The summed E-state index contributed by atoms with van der Waals surface area (Å²) in [7, 11) is -3.84. The molecule has 0 aliphatic carbocycles. The van der Waals surface area contributed by atoms with Crippen LogP contribution in [0.15, 0.2) is 54.9 Å². The van der Waals surface area contributed by atoms with Gasteiger partial charge in [0.05, 0.1) is 18.1 Å². The number of nitrogens with one attached hydrogen (secondary N) is 1. The van der Waals surface area contributed by atoms with Gasteiger partial charge in [0, 0.05) is 6.08 Å². The summed E-state index contributed by atoms with van der Waals surface area (Å²) < 4.78 is 52.1. The summed E-state index contributed by atoms with van der Waals surface area (Å²) in [4.78, 5) is 24.8. The highest BCUT2D eigenvalue weighted by Crippen LogP contribution is 2.45. The van der Waals surface area contributed by atoms with Gasteiger partial charge in [0.2, 0.25) is 0 Å². The van der Waals surface area contributed by atoms with Crippen molar-refractivity contribution in [1.82, 2.24) is 24.6 Å². The minimum Gasteiger partial charge on any atom is -0.462 e. The molecule has 4 atom stereocenters. The zero-order valence-electron chi connectivity index (χ0n) is 20.2. The summed E-state index contributed by atoms with van der Waals surface area (Å²) >= 11 is 0. The van der Waals surface area contributed by atoms with E-state index in [1.54, 1.807) is 51.1 Å². The second-order valence-corrected chi connectivity index (χ2v) is 10.4. The first kappa shape index (κ1) is 25.9. The molecule has 1 aliphatic heterocycles. The number of benzene rings is 1. The van der Waals surface area contributed by atoms with Crippen molar-refractivity contribution < 1.29 is 32.5 Å². The molecule has 36 heavy (non-hydrogen) atoms. The normalized spacial score (nSPS) is 20.2. The lowest BCUT2D eigenvalue weighted by Gasteiger charge is -2.25. The topological polar surface area (TPSA) is 127 Å². The molecular formula is C23H27FN5O6P. The van der Waals surface area contributed by atoms with E-state index in [2.05, 4.69) is 20.0 Å². The number of rotatable bonds is 10. The highest BCUT2D eigenvalue weighted by atomic mass is 31.2. The second-order valence-electron chi connectivity index (χ2n) is 8.40. The lowest BCUT2D eigenvalue weighted by molar-refractivity contribution is -0.149. The van der Waals surface area contributed by atoms with Crippen molar-refractivity contribution in [2.45, 2.75) is 52.4 Å². The summed E-state index contributed by atoms with van der Waals surface area (Å²) in [6, 6.07) is 7.45. The van der Waals surface area contributed by atoms with Crippen molar-refractivity contribution in [2.24, 2.45) is 0 Å². The van der Waals surface area contributed by atoms with Gasteiger partial charge in [-0.2, -0.15) is 0 Å². The fourth-order valence-corrected chi connectivity index (χ4v) is 5.15. The molecule has 1 aromatic carbocycles. The number of aryl methyl sites for hydroxylation is 1. The minimum atomic E-state index is -3.84. The Morgan fingerprint density at radius 2 is 1.97 bits per heavy atom. The van der Waals surface area contributed by atoms with E-state index in [0.717, 1.165) is 6.08 Å². The fraction of sp³-hybridized carbons (Fsp3) is 0.391. The molecule has 192 valence electrons. The average Bonchev–Trinajstić information content (AvgIpc) is 3.41. The molecule has 1 unspecified atom stereocenters. The van der Waals surface area contributed by atoms with Gasteiger partial charge in [-0.15, -0.1) is 0 Å². The van der Waals surface area contributed by atoms with Gasteiger partial charge < -0.3 is 18.7 Å². The highest BCUT2D eigenvalue weighted by molar-refractivity contribution is 7.57. The Morgan fingerprint density at radius 1 is 1.22 bits per heavy atom. The third kappa shape index (κ3) is 5.96. The number of carbonyl (C=O) groups excluding carboxylic acids is 1. The number of esters is 1. The molecule has 0 bridgehead atoms. The molecule has 2 aromatic heterocycles. The van der Waals surface area contributed by atoms with Crippen LogP contribution in [-0.2, 0) is 23.6 Å². The minimum absolute atomic E-state index is 0.299. The number of hydrogen-bond acceptors (Lipinski definition) is 9. The Balaban J connectivity index is 1.47. The molecule has 13 heteroatoms. The molecule has 4 rings (SSSR count). The predicted molar refractivity (Wildman–Crippen MR) is 128 cm³/mol. The quantitative estimate of drug-likeness (QED) is 0.310. The molecular weight excluding hydrogens is 492 g/mol. The van der Waals surface area contributed by atoms with Crippen molar-refractivity contribution >= 4 is 24.7 Å². The van der Waals surface area contributed by atoms with Crippen molar-refractivity contribution in [3.05, 3.63) is 60.6 Å². The van der Waals surface area contributed by atoms with Crippen molar-refractivity contribution in [1.29, 1.82) is 0 Å². The van der Waals surface area contributed by atoms with E-state index in [4.69, 9.17) is 18.7 Å². The van der Waals surface area contributed by atoms with Crippen LogP contribution in [-0.4, -0.2) is 50.3 Å². The zero-order valence-corrected chi connectivity index (χ0v) is 21.1. The Kier molecular flexibility index (Phi) is 7.79. The Morgan fingerprint density at radius 3 is 2.69 bits per heavy atom. The van der Waals surface area contributed by atoms with Crippen molar-refractivity contribution in [2.75, 3.05) is 6.35 Å².